The van der Waals surface area contributed by atoms with Gasteiger partial charge in [0, 0.05) is 29.3 Å². The lowest BCUT2D eigenvalue weighted by atomic mass is 10.1. The van der Waals surface area contributed by atoms with E-state index < -0.39 is 0 Å². The molecule has 1 saturated heterocycles. The first kappa shape index (κ1) is 16.5. The molecule has 2 N–H and O–H groups in total. The summed E-state index contributed by atoms with van der Waals surface area (Å²) in [6.07, 6.45) is 4.14. The van der Waals surface area contributed by atoms with Crippen LogP contribution in [0, 0.1) is 0 Å². The molecule has 0 aliphatic carbocycles. The number of nitrogens with zero attached hydrogens (tertiary/aromatic N) is 1. The van der Waals surface area contributed by atoms with Gasteiger partial charge in [-0.25, -0.2) is 0 Å². The molecule has 0 unspecified atom stereocenters. The van der Waals surface area contributed by atoms with E-state index in [4.69, 9.17) is 0 Å². The number of rotatable bonds is 3. The highest BCUT2D eigenvalue weighted by molar-refractivity contribution is 9.10. The van der Waals surface area contributed by atoms with Gasteiger partial charge in [0.1, 0.15) is 5.69 Å². The van der Waals surface area contributed by atoms with Gasteiger partial charge in [-0.1, -0.05) is 0 Å². The molecule has 1 aliphatic rings. The fourth-order valence-electron chi connectivity index (χ4n) is 2.29. The zero-order valence-electron chi connectivity index (χ0n) is 11.3. The Morgan fingerprint density at radius 2 is 2.32 bits per heavy atom. The van der Waals surface area contributed by atoms with Crippen molar-refractivity contribution in [3.63, 3.8) is 0 Å². The molecule has 1 amide bonds. The Bertz CT molecular complexity index is 428. The van der Waals surface area contributed by atoms with Crippen LogP contribution in [0.5, 0.6) is 0 Å². The fourth-order valence-corrected chi connectivity index (χ4v) is 2.73. The lowest BCUT2D eigenvalue weighted by Crippen LogP contribution is -2.46. The van der Waals surface area contributed by atoms with Crippen LogP contribution in [0.3, 0.4) is 0 Å². The number of amides is 1. The van der Waals surface area contributed by atoms with Crippen LogP contribution in [0.2, 0.25) is 0 Å². The van der Waals surface area contributed by atoms with Crippen LogP contribution < -0.4 is 10.6 Å². The molecule has 0 spiro atoms. The van der Waals surface area contributed by atoms with Gasteiger partial charge >= 0.3 is 0 Å². The van der Waals surface area contributed by atoms with Crippen molar-refractivity contribution in [2.24, 2.45) is 0 Å². The van der Waals surface area contributed by atoms with Crippen molar-refractivity contribution in [1.29, 1.82) is 0 Å². The molecule has 1 aromatic heterocycles. The van der Waals surface area contributed by atoms with E-state index >= 15 is 0 Å². The lowest BCUT2D eigenvalue weighted by molar-refractivity contribution is 0.0920. The van der Waals surface area contributed by atoms with Crippen LogP contribution in [0.4, 0.5) is 0 Å². The number of halogens is 2. The third-order valence-corrected chi connectivity index (χ3v) is 3.67. The van der Waals surface area contributed by atoms with Gasteiger partial charge in [-0.15, -0.1) is 12.4 Å². The maximum atomic E-state index is 12.3. The van der Waals surface area contributed by atoms with Gasteiger partial charge in [0.05, 0.1) is 0 Å². The number of carbonyl (C=O) groups excluding carboxylic acids is 1. The van der Waals surface area contributed by atoms with E-state index in [-0.39, 0.29) is 30.4 Å². The first-order valence-corrected chi connectivity index (χ1v) is 7.26. The summed E-state index contributed by atoms with van der Waals surface area (Å²) in [4.78, 5) is 12.3. The van der Waals surface area contributed by atoms with Crippen molar-refractivity contribution in [3.8, 4) is 0 Å². The molecule has 4 nitrogen and oxygen atoms in total. The monoisotopic (exact) mass is 349 g/mol. The largest absolute Gasteiger partial charge is 0.347 e. The van der Waals surface area contributed by atoms with E-state index in [1.807, 2.05) is 16.8 Å². The van der Waals surface area contributed by atoms with Gasteiger partial charge in [-0.05, 0) is 55.2 Å². The van der Waals surface area contributed by atoms with E-state index in [2.05, 4.69) is 40.4 Å². The molecule has 19 heavy (non-hydrogen) atoms. The van der Waals surface area contributed by atoms with Crippen molar-refractivity contribution in [1.82, 2.24) is 15.2 Å². The van der Waals surface area contributed by atoms with Crippen LogP contribution in [-0.2, 0) is 0 Å². The smallest absolute Gasteiger partial charge is 0.268 e. The summed E-state index contributed by atoms with van der Waals surface area (Å²) in [6, 6.07) is 2.41. The third-order valence-electron chi connectivity index (χ3n) is 3.24. The van der Waals surface area contributed by atoms with Crippen LogP contribution in [0.15, 0.2) is 16.7 Å². The third kappa shape index (κ3) is 4.23. The molecule has 1 fully saturated rings. The highest BCUT2D eigenvalue weighted by atomic mass is 79.9. The van der Waals surface area contributed by atoms with Gasteiger partial charge < -0.3 is 15.2 Å². The molecule has 2 heterocycles. The molecule has 108 valence electrons. The summed E-state index contributed by atoms with van der Waals surface area (Å²) >= 11 is 3.43. The van der Waals surface area contributed by atoms with Crippen molar-refractivity contribution in [2.45, 2.75) is 38.8 Å². The van der Waals surface area contributed by atoms with Gasteiger partial charge in [0.15, 0.2) is 0 Å². The van der Waals surface area contributed by atoms with Crippen molar-refractivity contribution >= 4 is 34.2 Å². The fraction of sp³-hybridized carbons (Fsp3) is 0.615. The Morgan fingerprint density at radius 3 is 2.89 bits per heavy atom. The number of carbonyl (C=O) groups is 1. The second-order valence-corrected chi connectivity index (χ2v) is 5.98. The molecular weight excluding hydrogens is 330 g/mol. The van der Waals surface area contributed by atoms with Crippen LogP contribution in [0.25, 0.3) is 0 Å². The summed E-state index contributed by atoms with van der Waals surface area (Å²) < 4.78 is 2.94. The summed E-state index contributed by atoms with van der Waals surface area (Å²) in [6.45, 7) is 6.08. The summed E-state index contributed by atoms with van der Waals surface area (Å²) in [5.74, 6) is 0.0168. The molecule has 0 radical (unpaired) electrons. The molecule has 0 aromatic carbocycles. The summed E-state index contributed by atoms with van der Waals surface area (Å²) in [5, 5.41) is 6.40. The molecule has 0 saturated carbocycles. The van der Waals surface area contributed by atoms with E-state index in [9.17, 15) is 4.79 Å². The van der Waals surface area contributed by atoms with E-state index in [0.29, 0.717) is 0 Å². The maximum absolute atomic E-state index is 12.3. The first-order valence-electron chi connectivity index (χ1n) is 6.47. The van der Waals surface area contributed by atoms with Crippen molar-refractivity contribution < 1.29 is 4.79 Å². The predicted molar refractivity (Wildman–Crippen MR) is 83.1 cm³/mol. The van der Waals surface area contributed by atoms with Crippen LogP contribution in [-0.4, -0.2) is 29.6 Å². The number of aromatic nitrogens is 1. The molecular formula is C13H21BrClN3O. The highest BCUT2D eigenvalue weighted by Gasteiger charge is 2.19. The average molecular weight is 351 g/mol. The molecule has 1 aromatic rings. The molecule has 2 rings (SSSR count). The van der Waals surface area contributed by atoms with Gasteiger partial charge in [-0.3, -0.25) is 4.79 Å². The van der Waals surface area contributed by atoms with Gasteiger partial charge in [-0.2, -0.15) is 0 Å². The average Bonchev–Trinajstić information content (AvgIpc) is 2.73. The zero-order valence-corrected chi connectivity index (χ0v) is 13.7. The standard InChI is InChI=1S/C13H20BrN3O.ClH/c1-9(2)17-8-10(14)6-12(17)13(18)16-11-4-3-5-15-7-11;/h6,8-9,11,15H,3-5,7H2,1-2H3,(H,16,18);1H/t11-;/m0./s1. The number of hydrogen-bond donors (Lipinski definition) is 2. The van der Waals surface area contributed by atoms with Crippen molar-refractivity contribution in [3.05, 3.63) is 22.4 Å². The summed E-state index contributed by atoms with van der Waals surface area (Å²) in [5.41, 5.74) is 0.724. The minimum Gasteiger partial charge on any atom is -0.347 e. The Hall–Kier alpha value is -0.520. The van der Waals surface area contributed by atoms with Crippen LogP contribution in [0.1, 0.15) is 43.2 Å². The van der Waals surface area contributed by atoms with Crippen molar-refractivity contribution in [2.75, 3.05) is 13.1 Å². The molecule has 1 aliphatic heterocycles. The summed E-state index contributed by atoms with van der Waals surface area (Å²) in [7, 11) is 0. The Kier molecular flexibility index (Phi) is 6.36. The minimum absolute atomic E-state index is 0. The van der Waals surface area contributed by atoms with E-state index in [1.165, 1.54) is 0 Å². The molecule has 6 heteroatoms. The topological polar surface area (TPSA) is 46.1 Å². The maximum Gasteiger partial charge on any atom is 0.268 e. The predicted octanol–water partition coefficient (Wildman–Crippen LogP) is 2.74. The molecule has 1 atom stereocenters. The second kappa shape index (κ2) is 7.31. The normalized spacial score (nSPS) is 19.1. The number of hydrogen-bond acceptors (Lipinski definition) is 2. The number of piperidine rings is 1. The molecule has 0 bridgehead atoms. The second-order valence-electron chi connectivity index (χ2n) is 5.06. The van der Waals surface area contributed by atoms with E-state index in [1.54, 1.807) is 0 Å². The SMILES string of the molecule is CC(C)n1cc(Br)cc1C(=O)N[C@H]1CCCNC1.Cl. The minimum atomic E-state index is 0. The number of nitrogens with one attached hydrogen (secondary N) is 2. The quantitative estimate of drug-likeness (QED) is 0.880. The lowest BCUT2D eigenvalue weighted by Gasteiger charge is -2.24. The Labute approximate surface area is 128 Å². The zero-order chi connectivity index (χ0) is 13.1. The Morgan fingerprint density at radius 1 is 1.58 bits per heavy atom. The first-order chi connectivity index (χ1) is 8.58. The van der Waals surface area contributed by atoms with Gasteiger partial charge in [0.25, 0.3) is 5.91 Å². The van der Waals surface area contributed by atoms with Gasteiger partial charge in [0.2, 0.25) is 0 Å². The van der Waals surface area contributed by atoms with Crippen LogP contribution >= 0.6 is 28.3 Å². The van der Waals surface area contributed by atoms with E-state index in [0.717, 1.165) is 36.1 Å². The Balaban J connectivity index is 0.00000180. The highest BCUT2D eigenvalue weighted by Crippen LogP contribution is 2.19.